The van der Waals surface area contributed by atoms with Gasteiger partial charge in [0.25, 0.3) is 0 Å². The molecule has 15 heavy (non-hydrogen) atoms. The van der Waals surface area contributed by atoms with Gasteiger partial charge >= 0.3 is 12.1 Å². The van der Waals surface area contributed by atoms with E-state index in [2.05, 4.69) is 17.6 Å². The molecule has 0 aliphatic carbocycles. The molecular formula is C8H6F3NO2S. The fourth-order valence-electron chi connectivity index (χ4n) is 0.974. The first kappa shape index (κ1) is 11.8. The summed E-state index contributed by atoms with van der Waals surface area (Å²) in [4.78, 5) is 13.8. The first-order valence-corrected chi connectivity index (χ1v) is 4.19. The smallest absolute Gasteiger partial charge is 0.433 e. The SMILES string of the molecule is Cc1nc(C(F)(F)F)cc(C(=O)O)c1S. The Hall–Kier alpha value is -1.24. The number of thiol groups is 1. The molecule has 1 N–H and O–H groups in total. The minimum Gasteiger partial charge on any atom is -0.478 e. The standard InChI is InChI=1S/C8H6F3NO2S/c1-3-6(15)4(7(13)14)2-5(12-3)8(9,10)11/h2,15H,1H3,(H,13,14). The second-order valence-corrected chi connectivity index (χ2v) is 3.24. The van der Waals surface area contributed by atoms with Gasteiger partial charge in [-0.3, -0.25) is 0 Å². The summed E-state index contributed by atoms with van der Waals surface area (Å²) in [5.74, 6) is -1.46. The van der Waals surface area contributed by atoms with Crippen LogP contribution in [-0.2, 0) is 6.18 Å². The number of halogens is 3. The first-order chi connectivity index (χ1) is 6.73. The van der Waals surface area contributed by atoms with Crippen LogP contribution < -0.4 is 0 Å². The molecule has 1 rings (SSSR count). The van der Waals surface area contributed by atoms with Crippen molar-refractivity contribution in [3.63, 3.8) is 0 Å². The molecular weight excluding hydrogens is 231 g/mol. The number of alkyl halides is 3. The largest absolute Gasteiger partial charge is 0.478 e. The number of aromatic carboxylic acids is 1. The maximum absolute atomic E-state index is 12.3. The van der Waals surface area contributed by atoms with Crippen molar-refractivity contribution in [2.45, 2.75) is 18.0 Å². The van der Waals surface area contributed by atoms with E-state index >= 15 is 0 Å². The molecule has 3 nitrogen and oxygen atoms in total. The number of pyridine rings is 1. The van der Waals surface area contributed by atoms with E-state index in [-0.39, 0.29) is 10.6 Å². The van der Waals surface area contributed by atoms with E-state index < -0.39 is 23.4 Å². The molecule has 0 fully saturated rings. The third kappa shape index (κ3) is 2.41. The average molecular weight is 237 g/mol. The predicted molar refractivity (Wildman–Crippen MR) is 48.2 cm³/mol. The molecule has 0 saturated carbocycles. The van der Waals surface area contributed by atoms with Crippen molar-refractivity contribution in [3.8, 4) is 0 Å². The minimum absolute atomic E-state index is 0.0597. The fraction of sp³-hybridized carbons (Fsp3) is 0.250. The number of aromatic nitrogens is 1. The van der Waals surface area contributed by atoms with Crippen molar-refractivity contribution in [1.29, 1.82) is 0 Å². The molecule has 0 aliphatic heterocycles. The number of rotatable bonds is 1. The van der Waals surface area contributed by atoms with E-state index in [1.54, 1.807) is 0 Å². The molecule has 0 bridgehead atoms. The lowest BCUT2D eigenvalue weighted by atomic mass is 10.2. The van der Waals surface area contributed by atoms with Crippen molar-refractivity contribution in [3.05, 3.63) is 23.0 Å². The molecule has 0 amide bonds. The summed E-state index contributed by atoms with van der Waals surface area (Å²) in [5, 5.41) is 8.64. The van der Waals surface area contributed by atoms with Gasteiger partial charge in [0.2, 0.25) is 0 Å². The Morgan fingerprint density at radius 1 is 1.53 bits per heavy atom. The highest BCUT2D eigenvalue weighted by atomic mass is 32.1. The number of carboxylic acids is 1. The maximum atomic E-state index is 12.3. The zero-order valence-corrected chi connectivity index (χ0v) is 8.36. The van der Waals surface area contributed by atoms with Gasteiger partial charge in [-0.25, -0.2) is 9.78 Å². The van der Waals surface area contributed by atoms with Gasteiger partial charge in [-0.15, -0.1) is 12.6 Å². The fourth-order valence-corrected chi connectivity index (χ4v) is 1.18. The van der Waals surface area contributed by atoms with Crippen LogP contribution >= 0.6 is 12.6 Å². The van der Waals surface area contributed by atoms with Crippen LogP contribution in [0.4, 0.5) is 13.2 Å². The van der Waals surface area contributed by atoms with Crippen LogP contribution in [-0.4, -0.2) is 16.1 Å². The highest BCUT2D eigenvalue weighted by Crippen LogP contribution is 2.30. The van der Waals surface area contributed by atoms with Crippen molar-refractivity contribution in [1.82, 2.24) is 4.98 Å². The first-order valence-electron chi connectivity index (χ1n) is 3.74. The van der Waals surface area contributed by atoms with Crippen molar-refractivity contribution in [2.24, 2.45) is 0 Å². The minimum atomic E-state index is -4.66. The normalized spacial score (nSPS) is 11.5. The van der Waals surface area contributed by atoms with E-state index in [1.165, 1.54) is 6.92 Å². The molecule has 82 valence electrons. The summed E-state index contributed by atoms with van der Waals surface area (Å²) in [6.45, 7) is 1.27. The second-order valence-electron chi connectivity index (χ2n) is 2.79. The topological polar surface area (TPSA) is 50.2 Å². The highest BCUT2D eigenvalue weighted by Gasteiger charge is 2.34. The van der Waals surface area contributed by atoms with E-state index in [9.17, 15) is 18.0 Å². The number of hydrogen-bond donors (Lipinski definition) is 2. The van der Waals surface area contributed by atoms with Gasteiger partial charge in [0, 0.05) is 4.90 Å². The quantitative estimate of drug-likeness (QED) is 0.737. The van der Waals surface area contributed by atoms with E-state index in [0.29, 0.717) is 6.07 Å². The monoisotopic (exact) mass is 237 g/mol. The van der Waals surface area contributed by atoms with Gasteiger partial charge < -0.3 is 5.11 Å². The molecule has 1 aromatic heterocycles. The summed E-state index contributed by atoms with van der Waals surface area (Å²) in [7, 11) is 0. The number of carboxylic acid groups (broad SMARTS) is 1. The molecule has 0 saturated heterocycles. The third-order valence-corrected chi connectivity index (χ3v) is 2.25. The Kier molecular flexibility index (Phi) is 2.94. The van der Waals surface area contributed by atoms with Crippen LogP contribution in [0.15, 0.2) is 11.0 Å². The number of aryl methyl sites for hydroxylation is 1. The average Bonchev–Trinajstić information content (AvgIpc) is 2.06. The Bertz CT molecular complexity index is 417. The van der Waals surface area contributed by atoms with Gasteiger partial charge in [-0.1, -0.05) is 0 Å². The molecule has 0 atom stereocenters. The Balaban J connectivity index is 3.43. The third-order valence-electron chi connectivity index (χ3n) is 1.69. The van der Waals surface area contributed by atoms with Crippen molar-refractivity contribution >= 4 is 18.6 Å². The summed E-state index contributed by atoms with van der Waals surface area (Å²) in [6.07, 6.45) is -4.66. The Morgan fingerprint density at radius 3 is 2.47 bits per heavy atom. The lowest BCUT2D eigenvalue weighted by Gasteiger charge is -2.09. The molecule has 1 heterocycles. The molecule has 0 unspecified atom stereocenters. The van der Waals surface area contributed by atoms with Crippen LogP contribution in [0.3, 0.4) is 0 Å². The molecule has 0 spiro atoms. The van der Waals surface area contributed by atoms with Crippen LogP contribution in [0.1, 0.15) is 21.7 Å². The zero-order chi connectivity index (χ0) is 11.8. The Morgan fingerprint density at radius 2 is 2.07 bits per heavy atom. The summed E-state index contributed by atoms with van der Waals surface area (Å²) in [5.41, 5.74) is -1.79. The van der Waals surface area contributed by atoms with Gasteiger partial charge in [0.15, 0.2) is 0 Å². The van der Waals surface area contributed by atoms with Crippen molar-refractivity contribution in [2.75, 3.05) is 0 Å². The highest BCUT2D eigenvalue weighted by molar-refractivity contribution is 7.80. The molecule has 1 aromatic rings. The van der Waals surface area contributed by atoms with Crippen LogP contribution in [0.2, 0.25) is 0 Å². The second kappa shape index (κ2) is 3.73. The van der Waals surface area contributed by atoms with Gasteiger partial charge in [-0.05, 0) is 13.0 Å². The van der Waals surface area contributed by atoms with Gasteiger partial charge in [0.1, 0.15) is 5.69 Å². The van der Waals surface area contributed by atoms with E-state index in [0.717, 1.165) is 0 Å². The van der Waals surface area contributed by atoms with Crippen LogP contribution in [0.25, 0.3) is 0 Å². The zero-order valence-electron chi connectivity index (χ0n) is 7.46. The summed E-state index contributed by atoms with van der Waals surface area (Å²) in [6, 6.07) is 0.470. The molecule has 0 radical (unpaired) electrons. The van der Waals surface area contributed by atoms with Gasteiger partial charge in [0.05, 0.1) is 11.3 Å². The number of carbonyl (C=O) groups is 1. The molecule has 0 aromatic carbocycles. The van der Waals surface area contributed by atoms with Crippen molar-refractivity contribution < 1.29 is 23.1 Å². The predicted octanol–water partition coefficient (Wildman–Crippen LogP) is 2.40. The summed E-state index contributed by atoms with van der Waals surface area (Å²) < 4.78 is 36.8. The number of hydrogen-bond acceptors (Lipinski definition) is 3. The summed E-state index contributed by atoms with van der Waals surface area (Å²) >= 11 is 3.78. The van der Waals surface area contributed by atoms with E-state index in [1.807, 2.05) is 0 Å². The van der Waals surface area contributed by atoms with Crippen LogP contribution in [0.5, 0.6) is 0 Å². The van der Waals surface area contributed by atoms with Crippen LogP contribution in [0, 0.1) is 6.92 Å². The van der Waals surface area contributed by atoms with Gasteiger partial charge in [-0.2, -0.15) is 13.2 Å². The lowest BCUT2D eigenvalue weighted by molar-refractivity contribution is -0.141. The molecule has 0 aliphatic rings. The molecule has 7 heteroatoms. The Labute approximate surface area is 88.4 Å². The number of nitrogens with zero attached hydrogens (tertiary/aromatic N) is 1. The lowest BCUT2D eigenvalue weighted by Crippen LogP contribution is -2.12. The van der Waals surface area contributed by atoms with E-state index in [4.69, 9.17) is 5.11 Å². The maximum Gasteiger partial charge on any atom is 0.433 e.